The maximum atomic E-state index is 13.5. The molecular formula is C29H40BrN3O5S. The van der Waals surface area contributed by atoms with E-state index in [1.54, 1.807) is 36.1 Å². The average molecular weight is 623 g/mol. The van der Waals surface area contributed by atoms with Crippen molar-refractivity contribution in [3.63, 3.8) is 0 Å². The topological polar surface area (TPSA) is 96.0 Å². The quantitative estimate of drug-likeness (QED) is 0.329. The average Bonchev–Trinajstić information content (AvgIpc) is 2.90. The monoisotopic (exact) mass is 621 g/mol. The number of carbonyl (C=O) groups is 2. The zero-order valence-electron chi connectivity index (χ0n) is 23.1. The van der Waals surface area contributed by atoms with Gasteiger partial charge in [0.05, 0.1) is 18.6 Å². The largest absolute Gasteiger partial charge is 0.494 e. The fraction of sp³-hybridized carbons (Fsp3) is 0.517. The molecule has 8 nitrogen and oxygen atoms in total. The van der Waals surface area contributed by atoms with Gasteiger partial charge < -0.3 is 15.0 Å². The van der Waals surface area contributed by atoms with Crippen molar-refractivity contribution in [1.29, 1.82) is 0 Å². The van der Waals surface area contributed by atoms with E-state index in [1.165, 1.54) is 10.7 Å². The number of rotatable bonds is 13. The molecule has 0 aliphatic heterocycles. The molecule has 0 saturated heterocycles. The molecule has 0 unspecified atom stereocenters. The van der Waals surface area contributed by atoms with Crippen LogP contribution in [0.25, 0.3) is 0 Å². The molecular weight excluding hydrogens is 582 g/mol. The summed E-state index contributed by atoms with van der Waals surface area (Å²) in [7, 11) is -3.56. The molecule has 0 heterocycles. The van der Waals surface area contributed by atoms with Crippen LogP contribution in [-0.4, -0.2) is 56.6 Å². The van der Waals surface area contributed by atoms with Crippen molar-refractivity contribution in [2.24, 2.45) is 0 Å². The summed E-state index contributed by atoms with van der Waals surface area (Å²) in [6.07, 6.45) is 6.90. The van der Waals surface area contributed by atoms with Crippen molar-refractivity contribution >= 4 is 43.5 Å². The third-order valence-corrected chi connectivity index (χ3v) is 8.64. The maximum Gasteiger partial charge on any atom is 0.242 e. The number of nitrogens with zero attached hydrogens (tertiary/aromatic N) is 2. The lowest BCUT2D eigenvalue weighted by Gasteiger charge is -2.31. The van der Waals surface area contributed by atoms with Gasteiger partial charge in [0.25, 0.3) is 0 Å². The van der Waals surface area contributed by atoms with Crippen LogP contribution in [0, 0.1) is 0 Å². The second kappa shape index (κ2) is 14.7. The van der Waals surface area contributed by atoms with Gasteiger partial charge in [-0.3, -0.25) is 13.9 Å². The molecule has 2 aromatic carbocycles. The van der Waals surface area contributed by atoms with E-state index in [4.69, 9.17) is 4.74 Å². The molecule has 39 heavy (non-hydrogen) atoms. The molecule has 0 radical (unpaired) electrons. The highest BCUT2D eigenvalue weighted by atomic mass is 79.9. The molecule has 1 fully saturated rings. The molecule has 0 aromatic heterocycles. The fourth-order valence-electron chi connectivity index (χ4n) is 4.86. The van der Waals surface area contributed by atoms with Gasteiger partial charge in [0, 0.05) is 30.0 Å². The predicted octanol–water partition coefficient (Wildman–Crippen LogP) is 5.26. The molecule has 1 N–H and O–H groups in total. The predicted molar refractivity (Wildman–Crippen MR) is 158 cm³/mol. The summed E-state index contributed by atoms with van der Waals surface area (Å²) in [6.45, 7) is 4.59. The Morgan fingerprint density at radius 2 is 1.79 bits per heavy atom. The highest BCUT2D eigenvalue weighted by Gasteiger charge is 2.28. The SMILES string of the molecule is CCOc1ccc(N(CCCC(=O)N(Cc2cccc(Br)c2)[C@H](C)C(=O)NC2CCCCC2)S(C)(=O)=O)cc1. The number of amides is 2. The van der Waals surface area contributed by atoms with Gasteiger partial charge in [0.1, 0.15) is 11.8 Å². The molecule has 214 valence electrons. The van der Waals surface area contributed by atoms with Crippen LogP contribution in [0.2, 0.25) is 0 Å². The summed E-state index contributed by atoms with van der Waals surface area (Å²) in [5, 5.41) is 3.14. The van der Waals surface area contributed by atoms with Crippen LogP contribution in [0.4, 0.5) is 5.69 Å². The first kappa shape index (κ1) is 30.9. The number of hydrogen-bond donors (Lipinski definition) is 1. The van der Waals surface area contributed by atoms with Crippen molar-refractivity contribution in [2.75, 3.05) is 23.7 Å². The summed E-state index contributed by atoms with van der Waals surface area (Å²) >= 11 is 3.48. The third kappa shape index (κ3) is 9.53. The van der Waals surface area contributed by atoms with Crippen molar-refractivity contribution in [3.8, 4) is 5.75 Å². The van der Waals surface area contributed by atoms with Crippen LogP contribution in [0.15, 0.2) is 53.0 Å². The van der Waals surface area contributed by atoms with E-state index in [1.807, 2.05) is 31.2 Å². The summed E-state index contributed by atoms with van der Waals surface area (Å²) < 4.78 is 32.8. The van der Waals surface area contributed by atoms with E-state index in [-0.39, 0.29) is 37.4 Å². The number of carbonyl (C=O) groups excluding carboxylic acids is 2. The lowest BCUT2D eigenvalue weighted by atomic mass is 9.95. The van der Waals surface area contributed by atoms with Gasteiger partial charge in [-0.15, -0.1) is 0 Å². The third-order valence-electron chi connectivity index (χ3n) is 6.95. The Kier molecular flexibility index (Phi) is 11.7. The van der Waals surface area contributed by atoms with Gasteiger partial charge >= 0.3 is 0 Å². The van der Waals surface area contributed by atoms with Gasteiger partial charge in [-0.25, -0.2) is 8.42 Å². The highest BCUT2D eigenvalue weighted by molar-refractivity contribution is 9.10. The van der Waals surface area contributed by atoms with Crippen LogP contribution >= 0.6 is 15.9 Å². The smallest absolute Gasteiger partial charge is 0.242 e. The summed E-state index contributed by atoms with van der Waals surface area (Å²) in [6, 6.07) is 14.0. The van der Waals surface area contributed by atoms with Gasteiger partial charge in [-0.1, -0.05) is 47.3 Å². The van der Waals surface area contributed by atoms with E-state index in [0.29, 0.717) is 24.5 Å². The van der Waals surface area contributed by atoms with E-state index >= 15 is 0 Å². The molecule has 2 amide bonds. The fourth-order valence-corrected chi connectivity index (χ4v) is 6.27. The Morgan fingerprint density at radius 1 is 1.10 bits per heavy atom. The summed E-state index contributed by atoms with van der Waals surface area (Å²) in [4.78, 5) is 28.3. The number of anilines is 1. The van der Waals surface area contributed by atoms with E-state index < -0.39 is 16.1 Å². The Hall–Kier alpha value is -2.59. The van der Waals surface area contributed by atoms with E-state index in [0.717, 1.165) is 42.0 Å². The van der Waals surface area contributed by atoms with Gasteiger partial charge in [-0.2, -0.15) is 0 Å². The number of ether oxygens (including phenoxy) is 1. The zero-order valence-corrected chi connectivity index (χ0v) is 25.5. The minimum atomic E-state index is -3.56. The van der Waals surface area contributed by atoms with Crippen LogP contribution < -0.4 is 14.4 Å². The van der Waals surface area contributed by atoms with Crippen molar-refractivity contribution in [2.45, 2.75) is 77.4 Å². The molecule has 0 spiro atoms. The standard InChI is InChI=1S/C29H40BrN3O5S/c1-4-38-27-17-15-26(16-18-27)33(39(3,36)37)19-9-14-28(34)32(21-23-10-8-11-24(30)20-23)22(2)29(35)31-25-12-6-5-7-13-25/h8,10-11,15-18,20,22,25H,4-7,9,12-14,19,21H2,1-3H3,(H,31,35)/t22-/m1/s1. The summed E-state index contributed by atoms with van der Waals surface area (Å²) in [5.41, 5.74) is 1.42. The Bertz CT molecular complexity index is 1200. The molecule has 1 aliphatic carbocycles. The molecule has 1 aliphatic rings. The molecule has 1 atom stereocenters. The first-order valence-electron chi connectivity index (χ1n) is 13.6. The highest BCUT2D eigenvalue weighted by Crippen LogP contribution is 2.23. The molecule has 3 rings (SSSR count). The zero-order chi connectivity index (χ0) is 28.4. The van der Waals surface area contributed by atoms with E-state index in [2.05, 4.69) is 21.2 Å². The molecule has 2 aromatic rings. The van der Waals surface area contributed by atoms with Gasteiger partial charge in [0.2, 0.25) is 21.8 Å². The summed E-state index contributed by atoms with van der Waals surface area (Å²) in [5.74, 6) is 0.312. The second-order valence-electron chi connectivity index (χ2n) is 10.0. The lowest BCUT2D eigenvalue weighted by Crippen LogP contribution is -2.50. The second-order valence-corrected chi connectivity index (χ2v) is 12.9. The molecule has 10 heteroatoms. The first-order chi connectivity index (χ1) is 18.6. The van der Waals surface area contributed by atoms with Crippen LogP contribution in [0.1, 0.15) is 64.4 Å². The Labute approximate surface area is 241 Å². The minimum absolute atomic E-state index is 0.109. The van der Waals surface area contributed by atoms with Crippen molar-refractivity contribution in [1.82, 2.24) is 10.2 Å². The minimum Gasteiger partial charge on any atom is -0.494 e. The van der Waals surface area contributed by atoms with Crippen LogP contribution in [0.5, 0.6) is 5.75 Å². The number of sulfonamides is 1. The molecule has 0 bridgehead atoms. The van der Waals surface area contributed by atoms with Crippen molar-refractivity contribution in [3.05, 3.63) is 58.6 Å². The Morgan fingerprint density at radius 3 is 2.41 bits per heavy atom. The van der Waals surface area contributed by atoms with Crippen molar-refractivity contribution < 1.29 is 22.7 Å². The van der Waals surface area contributed by atoms with Gasteiger partial charge in [0.15, 0.2) is 0 Å². The maximum absolute atomic E-state index is 13.5. The van der Waals surface area contributed by atoms with Crippen LogP contribution in [0.3, 0.4) is 0 Å². The number of hydrogen-bond acceptors (Lipinski definition) is 5. The van der Waals surface area contributed by atoms with E-state index in [9.17, 15) is 18.0 Å². The Balaban J connectivity index is 1.70. The number of nitrogens with one attached hydrogen (secondary N) is 1. The first-order valence-corrected chi connectivity index (χ1v) is 16.3. The number of halogens is 1. The lowest BCUT2D eigenvalue weighted by molar-refractivity contribution is -0.141. The molecule has 1 saturated carbocycles. The van der Waals surface area contributed by atoms with Gasteiger partial charge in [-0.05, 0) is 75.1 Å². The normalized spacial score (nSPS) is 14.9. The number of benzene rings is 2. The van der Waals surface area contributed by atoms with Crippen LogP contribution in [-0.2, 0) is 26.2 Å².